The molecule has 0 aliphatic carbocycles. The van der Waals surface area contributed by atoms with Crippen LogP contribution in [0.25, 0.3) is 16.9 Å². The van der Waals surface area contributed by atoms with Gasteiger partial charge < -0.3 is 19.3 Å². The summed E-state index contributed by atoms with van der Waals surface area (Å²) in [4.78, 5) is 21.7. The van der Waals surface area contributed by atoms with Crippen LogP contribution in [0.5, 0.6) is 11.5 Å². The smallest absolute Gasteiger partial charge is 0.259 e. The summed E-state index contributed by atoms with van der Waals surface area (Å²) in [5, 5.41) is 4.46. The Morgan fingerprint density at radius 3 is 2.52 bits per heavy atom. The van der Waals surface area contributed by atoms with E-state index in [0.29, 0.717) is 22.7 Å². The van der Waals surface area contributed by atoms with Crippen molar-refractivity contribution in [1.82, 2.24) is 24.4 Å². The molecule has 1 aliphatic rings. The summed E-state index contributed by atoms with van der Waals surface area (Å²) in [7, 11) is 3.21. The third-order valence-corrected chi connectivity index (χ3v) is 5.42. The van der Waals surface area contributed by atoms with Crippen LogP contribution in [0.2, 0.25) is 0 Å². The summed E-state index contributed by atoms with van der Waals surface area (Å²) >= 11 is 0. The van der Waals surface area contributed by atoms with E-state index in [4.69, 9.17) is 9.47 Å². The zero-order valence-electron chi connectivity index (χ0n) is 17.0. The highest BCUT2D eigenvalue weighted by Gasteiger charge is 2.25. The molecule has 0 spiro atoms. The summed E-state index contributed by atoms with van der Waals surface area (Å²) in [5.41, 5.74) is 2.80. The van der Waals surface area contributed by atoms with Crippen LogP contribution < -0.4 is 9.47 Å². The molecule has 1 aromatic carbocycles. The molecule has 2 aromatic heterocycles. The molecule has 0 saturated carbocycles. The summed E-state index contributed by atoms with van der Waals surface area (Å²) in [6, 6.07) is 7.54. The molecule has 3 aromatic rings. The highest BCUT2D eigenvalue weighted by Crippen LogP contribution is 2.32. The van der Waals surface area contributed by atoms with Crippen LogP contribution in [0.1, 0.15) is 17.3 Å². The van der Waals surface area contributed by atoms with Gasteiger partial charge in [-0.25, -0.2) is 9.50 Å². The molecule has 29 heavy (non-hydrogen) atoms. The first-order valence-corrected chi connectivity index (χ1v) is 9.73. The van der Waals surface area contributed by atoms with Crippen molar-refractivity contribution in [2.45, 2.75) is 6.92 Å². The molecular formula is C21H25N5O3. The predicted molar refractivity (Wildman–Crippen MR) is 110 cm³/mol. The molecule has 8 nitrogen and oxygen atoms in total. The maximum absolute atomic E-state index is 13.1. The minimum absolute atomic E-state index is 0.0206. The number of nitrogens with zero attached hydrogens (tertiary/aromatic N) is 5. The van der Waals surface area contributed by atoms with E-state index in [9.17, 15) is 4.79 Å². The van der Waals surface area contributed by atoms with E-state index in [1.165, 1.54) is 0 Å². The molecule has 1 saturated heterocycles. The average Bonchev–Trinajstić information content (AvgIpc) is 3.22. The van der Waals surface area contributed by atoms with Gasteiger partial charge in [0.15, 0.2) is 17.1 Å². The van der Waals surface area contributed by atoms with Crippen molar-refractivity contribution in [3.05, 3.63) is 42.2 Å². The van der Waals surface area contributed by atoms with Gasteiger partial charge in [0.1, 0.15) is 5.56 Å². The number of benzene rings is 1. The molecule has 4 rings (SSSR count). The van der Waals surface area contributed by atoms with Gasteiger partial charge in [0, 0.05) is 37.9 Å². The number of fused-ring (bicyclic) bond motifs is 1. The standard InChI is InChI=1S/C21H25N5O3/c1-4-24-9-11-25(12-10-24)21(27)16-14-23-26-17(7-8-22-20(16)26)15-5-6-18(28-2)19(13-15)29-3/h5-8,13-14H,4,9-12H2,1-3H3. The molecule has 152 valence electrons. The Balaban J connectivity index is 1.68. The Morgan fingerprint density at radius 1 is 1.07 bits per heavy atom. The lowest BCUT2D eigenvalue weighted by Crippen LogP contribution is -2.48. The molecule has 8 heteroatoms. The Labute approximate surface area is 169 Å². The number of likely N-dealkylation sites (N-methyl/N-ethyl adjacent to an activating group) is 1. The van der Waals surface area contributed by atoms with Gasteiger partial charge in [-0.2, -0.15) is 5.10 Å². The van der Waals surface area contributed by atoms with E-state index in [0.717, 1.165) is 44.0 Å². The fourth-order valence-electron chi connectivity index (χ4n) is 3.69. The lowest BCUT2D eigenvalue weighted by molar-refractivity contribution is 0.0645. The number of carbonyl (C=O) groups is 1. The first kappa shape index (κ1) is 19.2. The van der Waals surface area contributed by atoms with E-state index < -0.39 is 0 Å². The van der Waals surface area contributed by atoms with Crippen molar-refractivity contribution in [2.24, 2.45) is 0 Å². The monoisotopic (exact) mass is 395 g/mol. The number of hydrogen-bond acceptors (Lipinski definition) is 6. The van der Waals surface area contributed by atoms with E-state index in [-0.39, 0.29) is 5.91 Å². The first-order valence-electron chi connectivity index (χ1n) is 9.73. The molecule has 0 bridgehead atoms. The van der Waals surface area contributed by atoms with Crippen LogP contribution in [0.15, 0.2) is 36.7 Å². The van der Waals surface area contributed by atoms with Crippen molar-refractivity contribution in [3.63, 3.8) is 0 Å². The number of aromatic nitrogens is 3. The fraction of sp³-hybridized carbons (Fsp3) is 0.381. The molecule has 0 radical (unpaired) electrons. The molecule has 1 fully saturated rings. The summed E-state index contributed by atoms with van der Waals surface area (Å²) in [5.74, 6) is 1.27. The summed E-state index contributed by atoms with van der Waals surface area (Å²) in [6.07, 6.45) is 3.32. The Bertz CT molecular complexity index is 1020. The zero-order valence-corrected chi connectivity index (χ0v) is 17.0. The lowest BCUT2D eigenvalue weighted by atomic mass is 10.1. The maximum Gasteiger partial charge on any atom is 0.259 e. The van der Waals surface area contributed by atoms with Crippen molar-refractivity contribution in [3.8, 4) is 22.8 Å². The van der Waals surface area contributed by atoms with Gasteiger partial charge in [-0.3, -0.25) is 4.79 Å². The highest BCUT2D eigenvalue weighted by molar-refractivity contribution is 6.00. The van der Waals surface area contributed by atoms with Crippen molar-refractivity contribution < 1.29 is 14.3 Å². The summed E-state index contributed by atoms with van der Waals surface area (Å²) < 4.78 is 12.4. The topological polar surface area (TPSA) is 72.2 Å². The van der Waals surface area contributed by atoms with E-state index >= 15 is 0 Å². The number of piperazine rings is 1. The van der Waals surface area contributed by atoms with Gasteiger partial charge in [-0.05, 0) is 30.8 Å². The van der Waals surface area contributed by atoms with Gasteiger partial charge in [0.05, 0.1) is 26.1 Å². The molecule has 3 heterocycles. The molecule has 0 atom stereocenters. The maximum atomic E-state index is 13.1. The normalized spacial score (nSPS) is 14.9. The Kier molecular flexibility index (Phi) is 5.35. The largest absolute Gasteiger partial charge is 0.493 e. The van der Waals surface area contributed by atoms with E-state index in [1.807, 2.05) is 29.2 Å². The van der Waals surface area contributed by atoms with Gasteiger partial charge >= 0.3 is 0 Å². The van der Waals surface area contributed by atoms with E-state index in [1.54, 1.807) is 31.1 Å². The van der Waals surface area contributed by atoms with Gasteiger partial charge in [0.25, 0.3) is 5.91 Å². The number of carbonyl (C=O) groups excluding carboxylic acids is 1. The van der Waals surface area contributed by atoms with Crippen LogP contribution in [0, 0.1) is 0 Å². The molecule has 0 N–H and O–H groups in total. The van der Waals surface area contributed by atoms with Crippen LogP contribution in [0.3, 0.4) is 0 Å². The number of ether oxygens (including phenoxy) is 2. The third kappa shape index (κ3) is 3.51. The molecule has 0 unspecified atom stereocenters. The van der Waals surface area contributed by atoms with Gasteiger partial charge in [-0.1, -0.05) is 6.92 Å². The van der Waals surface area contributed by atoms with Crippen LogP contribution in [-0.2, 0) is 0 Å². The number of amides is 1. The fourth-order valence-corrected chi connectivity index (χ4v) is 3.69. The lowest BCUT2D eigenvalue weighted by Gasteiger charge is -2.33. The van der Waals surface area contributed by atoms with E-state index in [2.05, 4.69) is 21.9 Å². The van der Waals surface area contributed by atoms with Crippen LogP contribution in [-0.4, -0.2) is 77.2 Å². The molecule has 1 amide bonds. The Hall–Kier alpha value is -3.13. The number of methoxy groups -OCH3 is 2. The Morgan fingerprint density at radius 2 is 1.83 bits per heavy atom. The first-order chi connectivity index (χ1) is 14.2. The van der Waals surface area contributed by atoms with Crippen molar-refractivity contribution in [2.75, 3.05) is 46.9 Å². The SMILES string of the molecule is CCN1CCN(C(=O)c2cnn3c(-c4ccc(OC)c(OC)c4)ccnc23)CC1. The highest BCUT2D eigenvalue weighted by atomic mass is 16.5. The third-order valence-electron chi connectivity index (χ3n) is 5.42. The zero-order chi connectivity index (χ0) is 20.4. The molecule has 1 aliphatic heterocycles. The van der Waals surface area contributed by atoms with Crippen molar-refractivity contribution in [1.29, 1.82) is 0 Å². The quantitative estimate of drug-likeness (QED) is 0.660. The minimum Gasteiger partial charge on any atom is -0.493 e. The summed E-state index contributed by atoms with van der Waals surface area (Å²) in [6.45, 7) is 6.38. The second kappa shape index (κ2) is 8.08. The van der Waals surface area contributed by atoms with Crippen molar-refractivity contribution >= 4 is 11.6 Å². The predicted octanol–water partition coefficient (Wildman–Crippen LogP) is 2.19. The second-order valence-corrected chi connectivity index (χ2v) is 6.92. The molecular weight excluding hydrogens is 370 g/mol. The number of rotatable bonds is 5. The van der Waals surface area contributed by atoms with Crippen LogP contribution in [0.4, 0.5) is 0 Å². The van der Waals surface area contributed by atoms with Gasteiger partial charge in [0.2, 0.25) is 0 Å². The average molecular weight is 395 g/mol. The van der Waals surface area contributed by atoms with Gasteiger partial charge in [-0.15, -0.1) is 0 Å². The second-order valence-electron chi connectivity index (χ2n) is 6.92. The van der Waals surface area contributed by atoms with Crippen LogP contribution >= 0.6 is 0 Å². The minimum atomic E-state index is -0.0206. The number of hydrogen-bond donors (Lipinski definition) is 0.